The van der Waals surface area contributed by atoms with E-state index in [-0.39, 0.29) is 5.82 Å². The van der Waals surface area contributed by atoms with E-state index in [9.17, 15) is 0 Å². The minimum Gasteiger partial charge on any atom is -0.387 e. The molecule has 0 fully saturated rings. The van der Waals surface area contributed by atoms with Gasteiger partial charge in [-0.05, 0) is 18.6 Å². The number of nitrogens with zero attached hydrogens (tertiary/aromatic N) is 4. The average Bonchev–Trinajstić information content (AvgIpc) is 2.40. The summed E-state index contributed by atoms with van der Waals surface area (Å²) in [5.41, 5.74) is 2.07. The van der Waals surface area contributed by atoms with Crippen LogP contribution in [0.4, 0.5) is 23.1 Å². The third kappa shape index (κ3) is 2.52. The highest BCUT2D eigenvalue weighted by Crippen LogP contribution is 2.18. The van der Waals surface area contributed by atoms with Crippen molar-refractivity contribution in [2.45, 2.75) is 6.92 Å². The molecule has 2 aromatic heterocycles. The highest BCUT2D eigenvalue weighted by molar-refractivity contribution is 5.58. The van der Waals surface area contributed by atoms with Crippen LogP contribution in [0.5, 0.6) is 0 Å². The molecule has 2 heterocycles. The first-order valence-electron chi connectivity index (χ1n) is 5.34. The van der Waals surface area contributed by atoms with E-state index in [1.165, 1.54) is 12.4 Å². The number of hydrogen-bond donors (Lipinski definition) is 2. The molecule has 6 nitrogen and oxygen atoms in total. The van der Waals surface area contributed by atoms with Crippen LogP contribution in [0.2, 0.25) is 0 Å². The molecular weight excluding hydrogens is 228 g/mol. The number of nitrogens with one attached hydrogen (secondary N) is 2. The molecule has 0 saturated heterocycles. The van der Waals surface area contributed by atoms with Gasteiger partial charge in [0.25, 0.3) is 5.82 Å². The number of aryl methyl sites for hydroxylation is 1. The molecule has 0 aliphatic heterocycles. The summed E-state index contributed by atoms with van der Waals surface area (Å²) in [7, 11) is 1.85. The first kappa shape index (κ1) is 11.8. The van der Waals surface area contributed by atoms with Gasteiger partial charge in [-0.2, -0.15) is 0 Å². The van der Waals surface area contributed by atoms with Crippen LogP contribution in [0.1, 0.15) is 5.56 Å². The summed E-state index contributed by atoms with van der Waals surface area (Å²) >= 11 is 0. The van der Waals surface area contributed by atoms with Crippen molar-refractivity contribution in [3.63, 3.8) is 0 Å². The molecule has 2 rings (SSSR count). The van der Waals surface area contributed by atoms with Gasteiger partial charge in [0.15, 0.2) is 12.0 Å². The number of aromatic nitrogens is 3. The van der Waals surface area contributed by atoms with Crippen molar-refractivity contribution >= 4 is 23.1 Å². The molecule has 18 heavy (non-hydrogen) atoms. The second-order valence-corrected chi connectivity index (χ2v) is 3.63. The van der Waals surface area contributed by atoms with E-state index in [4.69, 9.17) is 6.57 Å². The molecule has 0 amide bonds. The molecule has 0 spiro atoms. The molecule has 0 saturated carbocycles. The van der Waals surface area contributed by atoms with E-state index in [0.717, 1.165) is 11.3 Å². The van der Waals surface area contributed by atoms with Gasteiger partial charge in [-0.3, -0.25) is 0 Å². The Balaban J connectivity index is 2.18. The van der Waals surface area contributed by atoms with Crippen LogP contribution in [0.3, 0.4) is 0 Å². The van der Waals surface area contributed by atoms with Crippen LogP contribution in [0, 0.1) is 13.5 Å². The van der Waals surface area contributed by atoms with Crippen molar-refractivity contribution in [3.05, 3.63) is 41.6 Å². The highest BCUT2D eigenvalue weighted by Gasteiger charge is 2.03. The van der Waals surface area contributed by atoms with Crippen LogP contribution in [-0.2, 0) is 0 Å². The smallest absolute Gasteiger partial charge is 0.288 e. The quantitative estimate of drug-likeness (QED) is 0.807. The molecular formula is C12H12N6. The first-order valence-corrected chi connectivity index (χ1v) is 5.34. The Kier molecular flexibility index (Phi) is 3.34. The van der Waals surface area contributed by atoms with Crippen LogP contribution in [0.25, 0.3) is 4.85 Å². The van der Waals surface area contributed by atoms with Crippen LogP contribution in [-0.4, -0.2) is 22.0 Å². The fraction of sp³-hybridized carbons (Fsp3) is 0.167. The maximum absolute atomic E-state index is 6.79. The van der Waals surface area contributed by atoms with Gasteiger partial charge in [-0.1, -0.05) is 6.57 Å². The lowest BCUT2D eigenvalue weighted by Crippen LogP contribution is -1.99. The van der Waals surface area contributed by atoms with Crippen molar-refractivity contribution < 1.29 is 0 Å². The average molecular weight is 240 g/mol. The van der Waals surface area contributed by atoms with Gasteiger partial charge in [-0.25, -0.2) is 9.97 Å². The summed E-state index contributed by atoms with van der Waals surface area (Å²) in [6, 6.07) is 1.91. The highest BCUT2D eigenvalue weighted by atomic mass is 15.1. The minimum absolute atomic E-state index is 0.273. The van der Waals surface area contributed by atoms with Gasteiger partial charge in [0.05, 0.1) is 18.1 Å². The zero-order valence-corrected chi connectivity index (χ0v) is 10.1. The van der Waals surface area contributed by atoms with Crippen LogP contribution < -0.4 is 10.6 Å². The molecule has 2 aromatic rings. The van der Waals surface area contributed by atoms with Crippen molar-refractivity contribution in [3.8, 4) is 0 Å². The Labute approximate surface area is 105 Å². The van der Waals surface area contributed by atoms with Crippen molar-refractivity contribution in [1.82, 2.24) is 15.0 Å². The molecule has 6 heteroatoms. The Hall–Kier alpha value is -2.68. The Bertz CT molecular complexity index is 585. The number of pyridine rings is 1. The standard InChI is InChI=1S/C12H12N6/c1-8-4-10(15-5-9(8)13-2)18-12-7-16-11(14-3)6-17-12/h4-7,13H,1-2H3,(H,15,17,18). The zero-order chi connectivity index (χ0) is 13.0. The van der Waals surface area contributed by atoms with E-state index in [2.05, 4.69) is 30.4 Å². The zero-order valence-electron chi connectivity index (χ0n) is 10.1. The molecule has 2 N–H and O–H groups in total. The number of rotatable bonds is 3. The molecule has 0 aromatic carbocycles. The fourth-order valence-corrected chi connectivity index (χ4v) is 1.46. The summed E-state index contributed by atoms with van der Waals surface area (Å²) in [5.74, 6) is 1.53. The second kappa shape index (κ2) is 5.10. The van der Waals surface area contributed by atoms with E-state index in [0.29, 0.717) is 11.6 Å². The molecule has 0 aliphatic carbocycles. The summed E-state index contributed by atoms with van der Waals surface area (Å²) in [4.78, 5) is 15.4. The monoisotopic (exact) mass is 240 g/mol. The van der Waals surface area contributed by atoms with Crippen LogP contribution >= 0.6 is 0 Å². The minimum atomic E-state index is 0.273. The summed E-state index contributed by atoms with van der Waals surface area (Å²) in [6.45, 7) is 8.78. The van der Waals surface area contributed by atoms with Crippen LogP contribution in [0.15, 0.2) is 24.7 Å². The van der Waals surface area contributed by atoms with Crippen molar-refractivity contribution in [2.75, 3.05) is 17.7 Å². The summed E-state index contributed by atoms with van der Waals surface area (Å²) in [6.07, 6.45) is 4.68. The normalized spacial score (nSPS) is 9.61. The van der Waals surface area contributed by atoms with Gasteiger partial charge in [0.2, 0.25) is 0 Å². The lowest BCUT2D eigenvalue weighted by Gasteiger charge is -2.07. The van der Waals surface area contributed by atoms with Gasteiger partial charge in [-0.15, -0.1) is 4.98 Å². The number of anilines is 3. The second-order valence-electron chi connectivity index (χ2n) is 3.63. The molecule has 0 radical (unpaired) electrons. The first-order chi connectivity index (χ1) is 8.72. The maximum atomic E-state index is 6.79. The predicted molar refractivity (Wildman–Crippen MR) is 70.1 cm³/mol. The molecule has 0 atom stereocenters. The topological polar surface area (TPSA) is 67.1 Å². The van der Waals surface area contributed by atoms with E-state index in [1.807, 2.05) is 20.0 Å². The Morgan fingerprint density at radius 1 is 1.11 bits per heavy atom. The van der Waals surface area contributed by atoms with Crippen molar-refractivity contribution in [1.29, 1.82) is 0 Å². The van der Waals surface area contributed by atoms with Gasteiger partial charge < -0.3 is 15.5 Å². The largest absolute Gasteiger partial charge is 0.387 e. The van der Waals surface area contributed by atoms with E-state index in [1.54, 1.807) is 6.20 Å². The fourth-order valence-electron chi connectivity index (χ4n) is 1.46. The Morgan fingerprint density at radius 2 is 1.89 bits per heavy atom. The third-order valence-electron chi connectivity index (χ3n) is 2.39. The van der Waals surface area contributed by atoms with Gasteiger partial charge >= 0.3 is 0 Å². The molecule has 0 bridgehead atoms. The third-order valence-corrected chi connectivity index (χ3v) is 2.39. The van der Waals surface area contributed by atoms with E-state index < -0.39 is 0 Å². The van der Waals surface area contributed by atoms with Crippen molar-refractivity contribution in [2.24, 2.45) is 0 Å². The molecule has 0 unspecified atom stereocenters. The van der Waals surface area contributed by atoms with Gasteiger partial charge in [0, 0.05) is 7.05 Å². The SMILES string of the molecule is [C-]#[N+]c1cnc(Nc2cc(C)c(NC)cn2)cn1. The lowest BCUT2D eigenvalue weighted by molar-refractivity contribution is 1.19. The summed E-state index contributed by atoms with van der Waals surface area (Å²) < 4.78 is 0. The number of hydrogen-bond acceptors (Lipinski definition) is 5. The molecule has 0 aliphatic rings. The lowest BCUT2D eigenvalue weighted by atomic mass is 10.2. The molecule has 90 valence electrons. The predicted octanol–water partition coefficient (Wildman–Crippen LogP) is 2.52. The Morgan fingerprint density at radius 3 is 2.44 bits per heavy atom. The maximum Gasteiger partial charge on any atom is 0.288 e. The van der Waals surface area contributed by atoms with E-state index >= 15 is 0 Å². The summed E-state index contributed by atoms with van der Waals surface area (Å²) in [5, 5.41) is 6.08. The van der Waals surface area contributed by atoms with Gasteiger partial charge in [0.1, 0.15) is 5.82 Å².